The number of amides is 1. The molecule has 0 aromatic heterocycles. The third-order valence-corrected chi connectivity index (χ3v) is 4.01. The molecule has 0 unspecified atom stereocenters. The van der Waals surface area contributed by atoms with Crippen LogP contribution in [-0.4, -0.2) is 19.0 Å². The molecular formula is C21H16ClNO4. The maximum absolute atomic E-state index is 12.3. The van der Waals surface area contributed by atoms with Gasteiger partial charge in [0.15, 0.2) is 0 Å². The van der Waals surface area contributed by atoms with Crippen LogP contribution in [0.3, 0.4) is 0 Å². The van der Waals surface area contributed by atoms with E-state index < -0.39 is 5.97 Å². The lowest BCUT2D eigenvalue weighted by atomic mass is 10.2. The van der Waals surface area contributed by atoms with E-state index in [-0.39, 0.29) is 5.91 Å². The van der Waals surface area contributed by atoms with Gasteiger partial charge >= 0.3 is 5.97 Å². The normalized spacial score (nSPS) is 10.1. The van der Waals surface area contributed by atoms with E-state index in [2.05, 4.69) is 5.32 Å². The van der Waals surface area contributed by atoms with Crippen LogP contribution in [0.1, 0.15) is 20.7 Å². The van der Waals surface area contributed by atoms with E-state index in [9.17, 15) is 9.59 Å². The summed E-state index contributed by atoms with van der Waals surface area (Å²) in [6.07, 6.45) is 0. The van der Waals surface area contributed by atoms with Gasteiger partial charge in [-0.2, -0.15) is 0 Å². The summed E-state index contributed by atoms with van der Waals surface area (Å²) in [5.74, 6) is 0.286. The molecule has 0 aliphatic heterocycles. The van der Waals surface area contributed by atoms with Crippen molar-refractivity contribution in [3.8, 4) is 11.5 Å². The van der Waals surface area contributed by atoms with Crippen LogP contribution in [0.2, 0.25) is 5.02 Å². The monoisotopic (exact) mass is 381 g/mol. The van der Waals surface area contributed by atoms with Gasteiger partial charge in [-0.05, 0) is 72.8 Å². The van der Waals surface area contributed by atoms with E-state index in [1.165, 1.54) is 0 Å². The fraction of sp³-hybridized carbons (Fsp3) is 0.0476. The molecule has 3 rings (SSSR count). The molecule has 0 aliphatic rings. The Morgan fingerprint density at radius 3 is 1.93 bits per heavy atom. The van der Waals surface area contributed by atoms with Crippen LogP contribution >= 0.6 is 11.6 Å². The van der Waals surface area contributed by atoms with Crippen molar-refractivity contribution >= 4 is 29.2 Å². The van der Waals surface area contributed by atoms with Crippen LogP contribution in [0.5, 0.6) is 11.5 Å². The first-order chi connectivity index (χ1) is 13.0. The van der Waals surface area contributed by atoms with Gasteiger partial charge in [-0.1, -0.05) is 11.6 Å². The second kappa shape index (κ2) is 8.38. The highest BCUT2D eigenvalue weighted by atomic mass is 35.5. The third-order valence-electron chi connectivity index (χ3n) is 3.75. The van der Waals surface area contributed by atoms with Gasteiger partial charge in [0, 0.05) is 16.3 Å². The van der Waals surface area contributed by atoms with Gasteiger partial charge < -0.3 is 14.8 Å². The van der Waals surface area contributed by atoms with E-state index in [0.29, 0.717) is 33.3 Å². The number of benzene rings is 3. The lowest BCUT2D eigenvalue weighted by molar-refractivity contribution is 0.0734. The molecule has 27 heavy (non-hydrogen) atoms. The molecule has 0 radical (unpaired) electrons. The number of halogens is 1. The van der Waals surface area contributed by atoms with Crippen molar-refractivity contribution in [2.75, 3.05) is 12.4 Å². The first-order valence-corrected chi connectivity index (χ1v) is 8.46. The molecule has 0 heterocycles. The number of esters is 1. The van der Waals surface area contributed by atoms with Crippen LogP contribution < -0.4 is 14.8 Å². The maximum atomic E-state index is 12.3. The van der Waals surface area contributed by atoms with Crippen LogP contribution in [0.15, 0.2) is 72.8 Å². The Balaban J connectivity index is 1.62. The maximum Gasteiger partial charge on any atom is 0.343 e. The highest BCUT2D eigenvalue weighted by Gasteiger charge is 2.10. The summed E-state index contributed by atoms with van der Waals surface area (Å²) in [6.45, 7) is 0. The lowest BCUT2D eigenvalue weighted by Crippen LogP contribution is -2.12. The molecule has 136 valence electrons. The van der Waals surface area contributed by atoms with Gasteiger partial charge in [0.1, 0.15) is 11.5 Å². The van der Waals surface area contributed by atoms with Crippen molar-refractivity contribution in [3.63, 3.8) is 0 Å². The molecule has 1 N–H and O–H groups in total. The Hall–Kier alpha value is -3.31. The Kier molecular flexibility index (Phi) is 5.74. The van der Waals surface area contributed by atoms with Gasteiger partial charge in [0.2, 0.25) is 0 Å². The number of rotatable bonds is 5. The van der Waals surface area contributed by atoms with Gasteiger partial charge in [-0.3, -0.25) is 4.79 Å². The minimum atomic E-state index is -0.498. The summed E-state index contributed by atoms with van der Waals surface area (Å²) in [6, 6.07) is 19.7. The number of anilines is 1. The van der Waals surface area contributed by atoms with Crippen molar-refractivity contribution < 1.29 is 19.1 Å². The number of carbonyl (C=O) groups excluding carboxylic acids is 2. The van der Waals surface area contributed by atoms with Gasteiger partial charge in [-0.15, -0.1) is 0 Å². The Labute approximate surface area is 161 Å². The zero-order valence-electron chi connectivity index (χ0n) is 14.4. The standard InChI is InChI=1S/C21H16ClNO4/c1-26-18-12-8-17(9-13-18)23-20(24)14-4-10-19(11-5-14)27-21(25)15-2-6-16(22)7-3-15/h2-13H,1H3,(H,23,24). The van der Waals surface area contributed by atoms with Crippen molar-refractivity contribution in [2.24, 2.45) is 0 Å². The molecule has 6 heteroatoms. The Morgan fingerprint density at radius 1 is 0.778 bits per heavy atom. The second-order valence-electron chi connectivity index (χ2n) is 5.60. The zero-order valence-corrected chi connectivity index (χ0v) is 15.2. The molecule has 0 aliphatic carbocycles. The van der Waals surface area contributed by atoms with Crippen LogP contribution in [0.4, 0.5) is 5.69 Å². The van der Waals surface area contributed by atoms with E-state index in [1.807, 2.05) is 0 Å². The molecule has 3 aromatic carbocycles. The summed E-state index contributed by atoms with van der Waals surface area (Å²) < 4.78 is 10.4. The number of ether oxygens (including phenoxy) is 2. The van der Waals surface area contributed by atoms with Crippen LogP contribution in [-0.2, 0) is 0 Å². The molecule has 5 nitrogen and oxygen atoms in total. The predicted octanol–water partition coefficient (Wildman–Crippen LogP) is 4.82. The molecule has 0 atom stereocenters. The molecule has 0 saturated carbocycles. The largest absolute Gasteiger partial charge is 0.497 e. The third kappa shape index (κ3) is 4.86. The van der Waals surface area contributed by atoms with Crippen molar-refractivity contribution in [3.05, 3.63) is 88.9 Å². The summed E-state index contributed by atoms with van der Waals surface area (Å²) in [7, 11) is 1.58. The van der Waals surface area contributed by atoms with E-state index in [1.54, 1.807) is 79.9 Å². The first kappa shape index (κ1) is 18.5. The van der Waals surface area contributed by atoms with Crippen molar-refractivity contribution in [1.29, 1.82) is 0 Å². The number of hydrogen-bond acceptors (Lipinski definition) is 4. The molecule has 0 fully saturated rings. The summed E-state index contributed by atoms with van der Waals surface area (Å²) in [5.41, 5.74) is 1.48. The Bertz CT molecular complexity index is 935. The smallest absolute Gasteiger partial charge is 0.343 e. The zero-order chi connectivity index (χ0) is 19.2. The minimum absolute atomic E-state index is 0.268. The number of methoxy groups -OCH3 is 1. The highest BCUT2D eigenvalue weighted by Crippen LogP contribution is 2.18. The summed E-state index contributed by atoms with van der Waals surface area (Å²) >= 11 is 5.80. The molecule has 0 bridgehead atoms. The van der Waals surface area contributed by atoms with Gasteiger partial charge in [-0.25, -0.2) is 4.79 Å². The van der Waals surface area contributed by atoms with E-state index >= 15 is 0 Å². The quantitative estimate of drug-likeness (QED) is 0.508. The number of nitrogens with one attached hydrogen (secondary N) is 1. The van der Waals surface area contributed by atoms with Gasteiger partial charge in [0.25, 0.3) is 5.91 Å². The fourth-order valence-electron chi connectivity index (χ4n) is 2.30. The summed E-state index contributed by atoms with van der Waals surface area (Å²) in [4.78, 5) is 24.4. The van der Waals surface area contributed by atoms with E-state index in [0.717, 1.165) is 0 Å². The topological polar surface area (TPSA) is 64.6 Å². The molecule has 1 amide bonds. The number of carbonyl (C=O) groups is 2. The van der Waals surface area contributed by atoms with Crippen LogP contribution in [0, 0.1) is 0 Å². The predicted molar refractivity (Wildman–Crippen MR) is 104 cm³/mol. The van der Waals surface area contributed by atoms with Crippen molar-refractivity contribution in [1.82, 2.24) is 0 Å². The van der Waals surface area contributed by atoms with Gasteiger partial charge in [0.05, 0.1) is 12.7 Å². The average Bonchev–Trinajstić information content (AvgIpc) is 2.69. The first-order valence-electron chi connectivity index (χ1n) is 8.08. The Morgan fingerprint density at radius 2 is 1.33 bits per heavy atom. The molecule has 0 saturated heterocycles. The van der Waals surface area contributed by atoms with E-state index in [4.69, 9.17) is 21.1 Å². The highest BCUT2D eigenvalue weighted by molar-refractivity contribution is 6.30. The van der Waals surface area contributed by atoms with Crippen molar-refractivity contribution in [2.45, 2.75) is 0 Å². The average molecular weight is 382 g/mol. The second-order valence-corrected chi connectivity index (χ2v) is 6.04. The van der Waals surface area contributed by atoms with Crippen LogP contribution in [0.25, 0.3) is 0 Å². The fourth-order valence-corrected chi connectivity index (χ4v) is 2.43. The molecule has 3 aromatic rings. The summed E-state index contributed by atoms with van der Waals surface area (Å²) in [5, 5.41) is 3.33. The number of hydrogen-bond donors (Lipinski definition) is 1. The molecule has 0 spiro atoms. The molecular weight excluding hydrogens is 366 g/mol. The SMILES string of the molecule is COc1ccc(NC(=O)c2ccc(OC(=O)c3ccc(Cl)cc3)cc2)cc1. The minimum Gasteiger partial charge on any atom is -0.497 e. The lowest BCUT2D eigenvalue weighted by Gasteiger charge is -2.08.